The Morgan fingerprint density at radius 2 is 1.74 bits per heavy atom. The lowest BCUT2D eigenvalue weighted by molar-refractivity contribution is 0.0945. The summed E-state index contributed by atoms with van der Waals surface area (Å²) in [5.41, 5.74) is 3.10. The van der Waals surface area contributed by atoms with E-state index in [-0.39, 0.29) is 18.1 Å². The van der Waals surface area contributed by atoms with Crippen LogP contribution in [0.1, 0.15) is 46.9 Å². The predicted molar refractivity (Wildman–Crippen MR) is 99.4 cm³/mol. The van der Waals surface area contributed by atoms with Crippen molar-refractivity contribution in [2.24, 2.45) is 0 Å². The Morgan fingerprint density at radius 1 is 1.04 bits per heavy atom. The van der Waals surface area contributed by atoms with Crippen molar-refractivity contribution in [2.75, 3.05) is 0 Å². The van der Waals surface area contributed by atoms with E-state index in [0.717, 1.165) is 17.7 Å². The number of carbonyl (C=O) groups is 1. The lowest BCUT2D eigenvalue weighted by Gasteiger charge is -2.07. The van der Waals surface area contributed by atoms with Gasteiger partial charge in [0.1, 0.15) is 5.69 Å². The molecule has 3 rings (SSSR count). The van der Waals surface area contributed by atoms with Gasteiger partial charge in [-0.1, -0.05) is 44.2 Å². The number of hydrogen-bond donors (Lipinski definition) is 1. The van der Waals surface area contributed by atoms with Crippen molar-refractivity contribution < 1.29 is 13.6 Å². The predicted octanol–water partition coefficient (Wildman–Crippen LogP) is 4.26. The number of aromatic nitrogens is 2. The molecule has 0 atom stereocenters. The van der Waals surface area contributed by atoms with Gasteiger partial charge < -0.3 is 5.32 Å². The van der Waals surface area contributed by atoms with E-state index in [1.807, 2.05) is 12.1 Å². The van der Waals surface area contributed by atoms with Crippen molar-refractivity contribution in [3.05, 3.63) is 88.7 Å². The molecule has 1 heterocycles. The zero-order valence-electron chi connectivity index (χ0n) is 15.2. The highest BCUT2D eigenvalue weighted by molar-refractivity contribution is 5.92. The summed E-state index contributed by atoms with van der Waals surface area (Å²) in [5, 5.41) is 7.03. The molecule has 0 saturated carbocycles. The van der Waals surface area contributed by atoms with Gasteiger partial charge in [-0.05, 0) is 40.8 Å². The van der Waals surface area contributed by atoms with Gasteiger partial charge in [0.15, 0.2) is 11.6 Å². The molecular weight excluding hydrogens is 348 g/mol. The molecular formula is C21H21F2N3O. The lowest BCUT2D eigenvalue weighted by Crippen LogP contribution is -2.23. The van der Waals surface area contributed by atoms with Crippen LogP contribution in [0.4, 0.5) is 8.78 Å². The number of benzene rings is 2. The van der Waals surface area contributed by atoms with E-state index in [0.29, 0.717) is 18.0 Å². The molecule has 0 aliphatic carbocycles. The van der Waals surface area contributed by atoms with Crippen molar-refractivity contribution >= 4 is 5.91 Å². The average molecular weight is 369 g/mol. The SMILES string of the molecule is CC(C)c1ccc(CNC(=O)c2ccn(Cc3ccc(F)c(F)c3)n2)cc1. The first kappa shape index (κ1) is 18.8. The third-order valence-electron chi connectivity index (χ3n) is 4.30. The number of rotatable bonds is 6. The third kappa shape index (κ3) is 4.78. The van der Waals surface area contributed by atoms with Gasteiger partial charge in [0, 0.05) is 12.7 Å². The maximum absolute atomic E-state index is 13.3. The Hall–Kier alpha value is -3.02. The number of amides is 1. The monoisotopic (exact) mass is 369 g/mol. The van der Waals surface area contributed by atoms with E-state index in [2.05, 4.69) is 36.4 Å². The summed E-state index contributed by atoms with van der Waals surface area (Å²) in [6, 6.07) is 13.4. The summed E-state index contributed by atoms with van der Waals surface area (Å²) >= 11 is 0. The minimum absolute atomic E-state index is 0.251. The van der Waals surface area contributed by atoms with Crippen LogP contribution in [0.2, 0.25) is 0 Å². The van der Waals surface area contributed by atoms with Crippen molar-refractivity contribution in [2.45, 2.75) is 32.9 Å². The topological polar surface area (TPSA) is 46.9 Å². The van der Waals surface area contributed by atoms with Crippen LogP contribution in [0.15, 0.2) is 54.7 Å². The van der Waals surface area contributed by atoms with Crippen molar-refractivity contribution in [1.29, 1.82) is 0 Å². The fourth-order valence-corrected chi connectivity index (χ4v) is 2.69. The summed E-state index contributed by atoms with van der Waals surface area (Å²) in [6.45, 7) is 4.93. The van der Waals surface area contributed by atoms with Crippen LogP contribution in [0.25, 0.3) is 0 Å². The van der Waals surface area contributed by atoms with E-state index in [4.69, 9.17) is 0 Å². The first-order valence-corrected chi connectivity index (χ1v) is 8.77. The molecule has 27 heavy (non-hydrogen) atoms. The second kappa shape index (κ2) is 8.12. The quantitative estimate of drug-likeness (QED) is 0.706. The Morgan fingerprint density at radius 3 is 2.41 bits per heavy atom. The van der Waals surface area contributed by atoms with Crippen molar-refractivity contribution in [1.82, 2.24) is 15.1 Å². The van der Waals surface area contributed by atoms with Crippen LogP contribution in [0.3, 0.4) is 0 Å². The number of hydrogen-bond acceptors (Lipinski definition) is 2. The maximum atomic E-state index is 13.3. The molecule has 2 aromatic carbocycles. The number of halogens is 2. The van der Waals surface area contributed by atoms with Gasteiger partial charge >= 0.3 is 0 Å². The van der Waals surface area contributed by atoms with Crippen LogP contribution >= 0.6 is 0 Å². The van der Waals surface area contributed by atoms with Gasteiger partial charge in [0.2, 0.25) is 0 Å². The summed E-state index contributed by atoms with van der Waals surface area (Å²) in [5.74, 6) is -1.61. The standard InChI is InChI=1S/C21H21F2N3O/c1-14(2)17-6-3-15(4-7-17)12-24-21(27)20-9-10-26(25-20)13-16-5-8-18(22)19(23)11-16/h3-11,14H,12-13H2,1-2H3,(H,24,27). The molecule has 0 fully saturated rings. The second-order valence-corrected chi connectivity index (χ2v) is 6.73. The number of nitrogens with zero attached hydrogens (tertiary/aromatic N) is 2. The zero-order valence-corrected chi connectivity index (χ0v) is 15.2. The number of nitrogens with one attached hydrogen (secondary N) is 1. The second-order valence-electron chi connectivity index (χ2n) is 6.73. The fraction of sp³-hybridized carbons (Fsp3) is 0.238. The summed E-state index contributed by atoms with van der Waals surface area (Å²) in [7, 11) is 0. The molecule has 1 N–H and O–H groups in total. The Bertz CT molecular complexity index is 933. The molecule has 0 aliphatic rings. The first-order valence-electron chi connectivity index (χ1n) is 8.77. The Kier molecular flexibility index (Phi) is 5.64. The molecule has 0 radical (unpaired) electrons. The zero-order chi connectivity index (χ0) is 19.4. The lowest BCUT2D eigenvalue weighted by atomic mass is 10.0. The van der Waals surface area contributed by atoms with Crippen LogP contribution in [0, 0.1) is 11.6 Å². The van der Waals surface area contributed by atoms with Crippen molar-refractivity contribution in [3.63, 3.8) is 0 Å². The highest BCUT2D eigenvalue weighted by Gasteiger charge is 2.10. The largest absolute Gasteiger partial charge is 0.347 e. The van der Waals surface area contributed by atoms with E-state index in [1.54, 1.807) is 12.3 Å². The molecule has 0 aliphatic heterocycles. The van der Waals surface area contributed by atoms with Crippen molar-refractivity contribution in [3.8, 4) is 0 Å². The van der Waals surface area contributed by atoms with E-state index in [1.165, 1.54) is 16.3 Å². The first-order chi connectivity index (χ1) is 12.9. The minimum atomic E-state index is -0.902. The smallest absolute Gasteiger partial charge is 0.272 e. The molecule has 6 heteroatoms. The van der Waals surface area contributed by atoms with E-state index < -0.39 is 11.6 Å². The fourth-order valence-electron chi connectivity index (χ4n) is 2.69. The molecule has 0 bridgehead atoms. The molecule has 1 aromatic heterocycles. The Balaban J connectivity index is 1.58. The molecule has 0 saturated heterocycles. The van der Waals surface area contributed by atoms with Crippen LogP contribution in [-0.4, -0.2) is 15.7 Å². The van der Waals surface area contributed by atoms with Crippen LogP contribution in [-0.2, 0) is 13.1 Å². The molecule has 0 unspecified atom stereocenters. The van der Waals surface area contributed by atoms with Gasteiger partial charge in [0.25, 0.3) is 5.91 Å². The summed E-state index contributed by atoms with van der Waals surface area (Å²) in [4.78, 5) is 12.3. The molecule has 4 nitrogen and oxygen atoms in total. The van der Waals surface area contributed by atoms with Gasteiger partial charge in [-0.15, -0.1) is 0 Å². The van der Waals surface area contributed by atoms with Gasteiger partial charge in [-0.3, -0.25) is 9.48 Å². The molecule has 1 amide bonds. The Labute approximate surface area is 156 Å². The van der Waals surface area contributed by atoms with Gasteiger partial charge in [-0.25, -0.2) is 8.78 Å². The highest BCUT2D eigenvalue weighted by Crippen LogP contribution is 2.15. The highest BCUT2D eigenvalue weighted by atomic mass is 19.2. The molecule has 140 valence electrons. The normalized spacial score (nSPS) is 11.0. The third-order valence-corrected chi connectivity index (χ3v) is 4.30. The number of carbonyl (C=O) groups excluding carboxylic acids is 1. The minimum Gasteiger partial charge on any atom is -0.347 e. The van der Waals surface area contributed by atoms with Crippen LogP contribution < -0.4 is 5.32 Å². The van der Waals surface area contributed by atoms with E-state index >= 15 is 0 Å². The molecule has 3 aromatic rings. The molecule has 0 spiro atoms. The van der Waals surface area contributed by atoms with Gasteiger partial charge in [0.05, 0.1) is 6.54 Å². The van der Waals surface area contributed by atoms with Gasteiger partial charge in [-0.2, -0.15) is 5.10 Å². The van der Waals surface area contributed by atoms with E-state index in [9.17, 15) is 13.6 Å². The maximum Gasteiger partial charge on any atom is 0.272 e. The van der Waals surface area contributed by atoms with Crippen LogP contribution in [0.5, 0.6) is 0 Å². The summed E-state index contributed by atoms with van der Waals surface area (Å²) in [6.07, 6.45) is 1.63. The summed E-state index contributed by atoms with van der Waals surface area (Å²) < 4.78 is 27.8. The average Bonchev–Trinajstić information content (AvgIpc) is 3.11.